The second kappa shape index (κ2) is 10.5. The molecule has 0 aromatic rings. The third-order valence-electron chi connectivity index (χ3n) is 4.14. The molecule has 29 heavy (non-hydrogen) atoms. The van der Waals surface area contributed by atoms with Gasteiger partial charge < -0.3 is 44.7 Å². The van der Waals surface area contributed by atoms with Gasteiger partial charge in [0.05, 0.1) is 12.1 Å². The lowest BCUT2D eigenvalue weighted by Gasteiger charge is -2.45. The van der Waals surface area contributed by atoms with Crippen molar-refractivity contribution in [1.29, 1.82) is 0 Å². The standard InChI is InChI=1S/C16H25NO12/c1-7(19)27-6-10(26-3)13(28-8(2)20)14-12(17-11(22)5-18)9(21)4-16(25,29-14)15(23)24/h9-10,12-14,18,21,25H,4-6H2,1-3H3,(H,17,22)(H,23,24)/t9-,10?,12+,13?,14+,16?/m0/s1. The number of aliphatic hydroxyl groups excluding tert-OH is 2. The molecule has 6 atom stereocenters. The van der Waals surface area contributed by atoms with Gasteiger partial charge in [-0.15, -0.1) is 0 Å². The maximum absolute atomic E-state index is 11.7. The molecule has 1 aliphatic heterocycles. The number of methoxy groups -OCH3 is 1. The molecule has 1 fully saturated rings. The third-order valence-corrected chi connectivity index (χ3v) is 4.14. The summed E-state index contributed by atoms with van der Waals surface area (Å²) >= 11 is 0. The number of aliphatic hydroxyl groups is 3. The molecule has 1 heterocycles. The van der Waals surface area contributed by atoms with Crippen molar-refractivity contribution in [3.8, 4) is 0 Å². The van der Waals surface area contributed by atoms with Gasteiger partial charge in [-0.05, 0) is 0 Å². The summed E-state index contributed by atoms with van der Waals surface area (Å²) < 4.78 is 20.3. The minimum atomic E-state index is -2.87. The van der Waals surface area contributed by atoms with Gasteiger partial charge in [0, 0.05) is 27.4 Å². The van der Waals surface area contributed by atoms with Gasteiger partial charge in [-0.1, -0.05) is 0 Å². The lowest BCUT2D eigenvalue weighted by Crippen LogP contribution is -2.68. The summed E-state index contributed by atoms with van der Waals surface area (Å²) in [5.41, 5.74) is 0. The number of carbonyl (C=O) groups excluding carboxylic acids is 3. The van der Waals surface area contributed by atoms with Crippen LogP contribution in [-0.2, 0) is 38.1 Å². The van der Waals surface area contributed by atoms with Crippen LogP contribution in [0.1, 0.15) is 20.3 Å². The molecular formula is C16H25NO12. The van der Waals surface area contributed by atoms with Gasteiger partial charge in [0.2, 0.25) is 5.91 Å². The predicted molar refractivity (Wildman–Crippen MR) is 90.1 cm³/mol. The molecule has 1 rings (SSSR count). The summed E-state index contributed by atoms with van der Waals surface area (Å²) in [5, 5.41) is 41.1. The zero-order chi connectivity index (χ0) is 22.4. The highest BCUT2D eigenvalue weighted by Crippen LogP contribution is 2.32. The lowest BCUT2D eigenvalue weighted by atomic mass is 9.88. The fourth-order valence-corrected chi connectivity index (χ4v) is 2.84. The SMILES string of the molecule is COC(COC(C)=O)C(OC(C)=O)[C@@H]1OC(O)(C(=O)O)C[C@H](O)[C@H]1NC(=O)CO. The maximum Gasteiger partial charge on any atom is 0.364 e. The van der Waals surface area contributed by atoms with E-state index in [-0.39, 0.29) is 0 Å². The Kier molecular flexibility index (Phi) is 8.91. The smallest absolute Gasteiger partial charge is 0.364 e. The van der Waals surface area contributed by atoms with Gasteiger partial charge in [-0.3, -0.25) is 14.4 Å². The molecule has 0 aromatic heterocycles. The molecule has 0 bridgehead atoms. The topological polar surface area (TPSA) is 198 Å². The van der Waals surface area contributed by atoms with E-state index in [9.17, 15) is 34.5 Å². The summed E-state index contributed by atoms with van der Waals surface area (Å²) in [6.45, 7) is 0.724. The number of aliphatic carboxylic acids is 1. The molecule has 13 nitrogen and oxygen atoms in total. The number of esters is 2. The Labute approximate surface area is 165 Å². The van der Waals surface area contributed by atoms with E-state index in [0.717, 1.165) is 13.8 Å². The number of ether oxygens (including phenoxy) is 4. The second-order valence-electron chi connectivity index (χ2n) is 6.35. The largest absolute Gasteiger partial charge is 0.477 e. The number of hydrogen-bond acceptors (Lipinski definition) is 11. The summed E-state index contributed by atoms with van der Waals surface area (Å²) in [4.78, 5) is 45.8. The molecule has 0 spiro atoms. The number of hydrogen-bond donors (Lipinski definition) is 5. The zero-order valence-corrected chi connectivity index (χ0v) is 16.1. The van der Waals surface area contributed by atoms with Crippen LogP contribution in [0.5, 0.6) is 0 Å². The van der Waals surface area contributed by atoms with Crippen LogP contribution in [0.15, 0.2) is 0 Å². The van der Waals surface area contributed by atoms with Gasteiger partial charge in [-0.2, -0.15) is 0 Å². The average Bonchev–Trinajstić information content (AvgIpc) is 2.62. The minimum Gasteiger partial charge on any atom is -0.477 e. The number of carboxylic acid groups (broad SMARTS) is 1. The van der Waals surface area contributed by atoms with E-state index in [1.807, 2.05) is 0 Å². The van der Waals surface area contributed by atoms with Crippen LogP contribution in [0.3, 0.4) is 0 Å². The normalized spacial score (nSPS) is 28.7. The Balaban J connectivity index is 3.35. The van der Waals surface area contributed by atoms with Gasteiger partial charge in [0.25, 0.3) is 5.79 Å². The van der Waals surface area contributed by atoms with Gasteiger partial charge in [-0.25, -0.2) is 4.79 Å². The number of carboxylic acids is 1. The Morgan fingerprint density at radius 3 is 2.31 bits per heavy atom. The van der Waals surface area contributed by atoms with Crippen molar-refractivity contribution in [2.45, 2.75) is 56.5 Å². The quantitative estimate of drug-likeness (QED) is 0.234. The van der Waals surface area contributed by atoms with Gasteiger partial charge >= 0.3 is 17.9 Å². The first-order chi connectivity index (χ1) is 13.4. The monoisotopic (exact) mass is 423 g/mol. The van der Waals surface area contributed by atoms with Crippen molar-refractivity contribution in [1.82, 2.24) is 5.32 Å². The van der Waals surface area contributed by atoms with E-state index in [0.29, 0.717) is 0 Å². The highest BCUT2D eigenvalue weighted by Gasteiger charge is 2.55. The lowest BCUT2D eigenvalue weighted by molar-refractivity contribution is -0.297. The Morgan fingerprint density at radius 1 is 1.24 bits per heavy atom. The molecule has 0 aromatic carbocycles. The zero-order valence-electron chi connectivity index (χ0n) is 16.1. The summed E-state index contributed by atoms with van der Waals surface area (Å²) in [6, 6.07) is -1.41. The van der Waals surface area contributed by atoms with E-state index in [1.54, 1.807) is 0 Å². The van der Waals surface area contributed by atoms with Crippen molar-refractivity contribution in [2.24, 2.45) is 0 Å². The first-order valence-corrected chi connectivity index (χ1v) is 8.50. The number of nitrogens with one attached hydrogen (secondary N) is 1. The Hall–Kier alpha value is -2.32. The van der Waals surface area contributed by atoms with E-state index in [4.69, 9.17) is 24.1 Å². The summed E-state index contributed by atoms with van der Waals surface area (Å²) in [5.74, 6) is -7.20. The van der Waals surface area contributed by atoms with Crippen molar-refractivity contribution >= 4 is 23.8 Å². The Morgan fingerprint density at radius 2 is 1.86 bits per heavy atom. The summed E-state index contributed by atoms with van der Waals surface area (Å²) in [6.07, 6.45) is -6.90. The maximum atomic E-state index is 11.7. The molecular weight excluding hydrogens is 398 g/mol. The minimum absolute atomic E-state index is 0.452. The van der Waals surface area contributed by atoms with Crippen LogP contribution in [0, 0.1) is 0 Å². The molecule has 1 saturated heterocycles. The fraction of sp³-hybridized carbons (Fsp3) is 0.750. The van der Waals surface area contributed by atoms with Crippen LogP contribution < -0.4 is 5.32 Å². The van der Waals surface area contributed by atoms with Crippen molar-refractivity contribution in [2.75, 3.05) is 20.3 Å². The van der Waals surface area contributed by atoms with Crippen LogP contribution in [0.25, 0.3) is 0 Å². The molecule has 13 heteroatoms. The second-order valence-corrected chi connectivity index (χ2v) is 6.35. The van der Waals surface area contributed by atoms with Crippen LogP contribution in [-0.4, -0.2) is 101 Å². The van der Waals surface area contributed by atoms with E-state index in [1.165, 1.54) is 7.11 Å². The fourth-order valence-electron chi connectivity index (χ4n) is 2.84. The first-order valence-electron chi connectivity index (χ1n) is 8.50. The molecule has 0 aliphatic carbocycles. The molecule has 1 aliphatic rings. The van der Waals surface area contributed by atoms with Crippen LogP contribution in [0.4, 0.5) is 0 Å². The molecule has 166 valence electrons. The number of carbonyl (C=O) groups is 4. The van der Waals surface area contributed by atoms with Crippen molar-refractivity contribution in [3.05, 3.63) is 0 Å². The molecule has 0 saturated carbocycles. The van der Waals surface area contributed by atoms with Crippen LogP contribution >= 0.6 is 0 Å². The van der Waals surface area contributed by atoms with Gasteiger partial charge in [0.15, 0.2) is 6.10 Å². The summed E-state index contributed by atoms with van der Waals surface area (Å²) in [7, 11) is 1.18. The molecule has 1 amide bonds. The predicted octanol–water partition coefficient (Wildman–Crippen LogP) is -3.10. The molecule has 0 radical (unpaired) electrons. The number of amides is 1. The average molecular weight is 423 g/mol. The van der Waals surface area contributed by atoms with Crippen molar-refractivity contribution < 1.29 is 58.6 Å². The molecule has 3 unspecified atom stereocenters. The van der Waals surface area contributed by atoms with Crippen molar-refractivity contribution in [3.63, 3.8) is 0 Å². The highest BCUT2D eigenvalue weighted by molar-refractivity contribution is 5.78. The van der Waals surface area contributed by atoms with E-state index < -0.39 is 79.7 Å². The number of rotatable bonds is 9. The van der Waals surface area contributed by atoms with E-state index >= 15 is 0 Å². The third kappa shape index (κ3) is 6.61. The van der Waals surface area contributed by atoms with Gasteiger partial charge in [0.1, 0.15) is 25.4 Å². The van der Waals surface area contributed by atoms with Crippen LogP contribution in [0.2, 0.25) is 0 Å². The molecule has 5 N–H and O–H groups in total. The highest BCUT2D eigenvalue weighted by atomic mass is 16.7. The Bertz CT molecular complexity index is 625. The first kappa shape index (κ1) is 24.7. The van der Waals surface area contributed by atoms with E-state index in [2.05, 4.69) is 5.32 Å².